The summed E-state index contributed by atoms with van der Waals surface area (Å²) < 4.78 is 29.4. The first-order valence-electron chi connectivity index (χ1n) is 8.87. The maximum absolute atomic E-state index is 12.6. The van der Waals surface area contributed by atoms with Gasteiger partial charge in [-0.25, -0.2) is 13.4 Å². The third-order valence-electron chi connectivity index (χ3n) is 3.99. The molecule has 2 N–H and O–H groups in total. The van der Waals surface area contributed by atoms with Crippen LogP contribution in [-0.2, 0) is 26.2 Å². The van der Waals surface area contributed by atoms with Crippen LogP contribution in [0.1, 0.15) is 25.7 Å². The number of benzene rings is 1. The molecule has 1 heterocycles. The molecule has 0 aliphatic heterocycles. The summed E-state index contributed by atoms with van der Waals surface area (Å²) >= 11 is 5.81. The predicted octanol–water partition coefficient (Wildman–Crippen LogP) is 1.76. The molecule has 1 atom stereocenters. The highest BCUT2D eigenvalue weighted by atomic mass is 35.5. The van der Waals surface area contributed by atoms with E-state index in [1.165, 1.54) is 30.6 Å². The molecule has 0 aliphatic carbocycles. The summed E-state index contributed by atoms with van der Waals surface area (Å²) in [5.41, 5.74) is 0. The Balaban J connectivity index is 2.03. The van der Waals surface area contributed by atoms with Gasteiger partial charge in [0.25, 0.3) is 0 Å². The van der Waals surface area contributed by atoms with Crippen LogP contribution in [0.2, 0.25) is 5.02 Å². The van der Waals surface area contributed by atoms with Crippen LogP contribution in [0, 0.1) is 0 Å². The second kappa shape index (κ2) is 10.9. The summed E-state index contributed by atoms with van der Waals surface area (Å²) in [6.45, 7) is 0.505. The van der Waals surface area contributed by atoms with E-state index in [0.29, 0.717) is 24.4 Å². The molecule has 2 rings (SSSR count). The first kappa shape index (κ1) is 22.1. The number of nitrogens with zero attached hydrogens (tertiary/aromatic N) is 2. The standard InChI is InChI=1S/C18H23ClN4O4S/c19-15-5-7-16(8-6-15)28(26,27)22-17(13-23-11-10-20-14-23)18(25)21-9-3-1-2-4-12-24/h5-8,10-12,14,17,22H,1-4,9,13H2,(H,21,25). The zero-order chi connectivity index (χ0) is 20.4. The number of imidazole rings is 1. The summed E-state index contributed by atoms with van der Waals surface area (Å²) in [6, 6.07) is 4.69. The normalized spacial score (nSPS) is 12.5. The number of carbonyl (C=O) groups is 2. The molecule has 28 heavy (non-hydrogen) atoms. The number of hydrogen-bond donors (Lipinski definition) is 2. The van der Waals surface area contributed by atoms with Gasteiger partial charge in [-0.05, 0) is 37.1 Å². The molecule has 1 aromatic heterocycles. The summed E-state index contributed by atoms with van der Waals surface area (Å²) in [5, 5.41) is 3.16. The van der Waals surface area contributed by atoms with Gasteiger partial charge in [0.15, 0.2) is 0 Å². The number of hydrogen-bond acceptors (Lipinski definition) is 5. The molecule has 0 fully saturated rings. The molecular weight excluding hydrogens is 404 g/mol. The number of unbranched alkanes of at least 4 members (excludes halogenated alkanes) is 3. The highest BCUT2D eigenvalue weighted by molar-refractivity contribution is 7.89. The second-order valence-electron chi connectivity index (χ2n) is 6.19. The lowest BCUT2D eigenvalue weighted by molar-refractivity contribution is -0.123. The molecule has 10 heteroatoms. The molecule has 0 radical (unpaired) electrons. The zero-order valence-corrected chi connectivity index (χ0v) is 16.8. The molecule has 1 aromatic carbocycles. The van der Waals surface area contributed by atoms with Crippen molar-refractivity contribution in [3.05, 3.63) is 48.0 Å². The van der Waals surface area contributed by atoms with Crippen molar-refractivity contribution < 1.29 is 18.0 Å². The van der Waals surface area contributed by atoms with E-state index in [1.807, 2.05) is 0 Å². The maximum Gasteiger partial charge on any atom is 0.241 e. The number of nitrogens with one attached hydrogen (secondary N) is 2. The monoisotopic (exact) mass is 426 g/mol. The van der Waals surface area contributed by atoms with Crippen molar-refractivity contribution in [3.63, 3.8) is 0 Å². The van der Waals surface area contributed by atoms with Crippen molar-refractivity contribution in [2.75, 3.05) is 6.54 Å². The third kappa shape index (κ3) is 7.06. The van der Waals surface area contributed by atoms with Gasteiger partial charge in [-0.1, -0.05) is 18.0 Å². The summed E-state index contributed by atoms with van der Waals surface area (Å²) in [6.07, 6.45) is 8.36. The van der Waals surface area contributed by atoms with Crippen LogP contribution in [0.15, 0.2) is 47.9 Å². The van der Waals surface area contributed by atoms with Crippen LogP contribution >= 0.6 is 11.6 Å². The van der Waals surface area contributed by atoms with E-state index in [1.54, 1.807) is 17.0 Å². The molecule has 0 bridgehead atoms. The fourth-order valence-corrected chi connectivity index (χ4v) is 3.83. The Morgan fingerprint density at radius 2 is 1.96 bits per heavy atom. The summed E-state index contributed by atoms with van der Waals surface area (Å²) in [4.78, 5) is 26.8. The van der Waals surface area contributed by atoms with Crippen LogP contribution in [-0.4, -0.2) is 42.7 Å². The molecule has 0 spiro atoms. The largest absolute Gasteiger partial charge is 0.355 e. The van der Waals surface area contributed by atoms with Gasteiger partial charge in [0.2, 0.25) is 15.9 Å². The lowest BCUT2D eigenvalue weighted by Crippen LogP contribution is -2.49. The Kier molecular flexibility index (Phi) is 8.62. The van der Waals surface area contributed by atoms with Gasteiger partial charge < -0.3 is 14.7 Å². The van der Waals surface area contributed by atoms with Crippen molar-refractivity contribution >= 4 is 33.8 Å². The van der Waals surface area contributed by atoms with Crippen LogP contribution in [0.4, 0.5) is 0 Å². The van der Waals surface area contributed by atoms with Crippen LogP contribution < -0.4 is 10.0 Å². The fourth-order valence-electron chi connectivity index (χ4n) is 2.51. The molecule has 8 nitrogen and oxygen atoms in total. The molecule has 1 amide bonds. The Bertz CT molecular complexity index is 854. The summed E-state index contributed by atoms with van der Waals surface area (Å²) in [5.74, 6) is -0.429. The minimum atomic E-state index is -3.91. The Morgan fingerprint density at radius 3 is 2.61 bits per heavy atom. The van der Waals surface area contributed by atoms with Gasteiger partial charge >= 0.3 is 0 Å². The highest BCUT2D eigenvalue weighted by Crippen LogP contribution is 2.14. The molecule has 2 aromatic rings. The molecule has 1 unspecified atom stereocenters. The predicted molar refractivity (Wildman–Crippen MR) is 105 cm³/mol. The van der Waals surface area contributed by atoms with Gasteiger partial charge in [0.05, 0.1) is 11.2 Å². The average Bonchev–Trinajstić information content (AvgIpc) is 3.17. The van der Waals surface area contributed by atoms with Gasteiger partial charge in [0, 0.05) is 36.9 Å². The van der Waals surface area contributed by atoms with Gasteiger partial charge in [-0.2, -0.15) is 4.72 Å². The number of aromatic nitrogens is 2. The van der Waals surface area contributed by atoms with E-state index >= 15 is 0 Å². The van der Waals surface area contributed by atoms with Crippen molar-refractivity contribution in [2.24, 2.45) is 0 Å². The quantitative estimate of drug-likeness (QED) is 0.397. The Hall–Kier alpha value is -2.23. The first-order chi connectivity index (χ1) is 13.4. The maximum atomic E-state index is 12.6. The number of aldehydes is 1. The molecule has 0 aliphatic rings. The lowest BCUT2D eigenvalue weighted by Gasteiger charge is -2.19. The van der Waals surface area contributed by atoms with E-state index < -0.39 is 22.0 Å². The second-order valence-corrected chi connectivity index (χ2v) is 8.34. The Morgan fingerprint density at radius 1 is 1.21 bits per heavy atom. The van der Waals surface area contributed by atoms with E-state index in [9.17, 15) is 18.0 Å². The Labute approximate surface area is 169 Å². The minimum Gasteiger partial charge on any atom is -0.355 e. The van der Waals surface area contributed by atoms with E-state index in [2.05, 4.69) is 15.0 Å². The topological polar surface area (TPSA) is 110 Å². The smallest absolute Gasteiger partial charge is 0.241 e. The van der Waals surface area contributed by atoms with Gasteiger partial charge in [-0.15, -0.1) is 0 Å². The molecule has 0 saturated carbocycles. The number of amides is 1. The van der Waals surface area contributed by atoms with E-state index in [4.69, 9.17) is 11.6 Å². The van der Waals surface area contributed by atoms with Crippen LogP contribution in [0.5, 0.6) is 0 Å². The number of halogens is 1. The van der Waals surface area contributed by atoms with Gasteiger partial charge in [0.1, 0.15) is 12.3 Å². The van der Waals surface area contributed by atoms with Crippen molar-refractivity contribution in [1.82, 2.24) is 19.6 Å². The fraction of sp³-hybridized carbons (Fsp3) is 0.389. The van der Waals surface area contributed by atoms with Gasteiger partial charge in [-0.3, -0.25) is 4.79 Å². The minimum absolute atomic E-state index is 0.0224. The van der Waals surface area contributed by atoms with Crippen molar-refractivity contribution in [3.8, 4) is 0 Å². The van der Waals surface area contributed by atoms with Crippen molar-refractivity contribution in [1.29, 1.82) is 0 Å². The zero-order valence-electron chi connectivity index (χ0n) is 15.3. The third-order valence-corrected chi connectivity index (χ3v) is 5.73. The highest BCUT2D eigenvalue weighted by Gasteiger charge is 2.26. The molecular formula is C18H23ClN4O4S. The lowest BCUT2D eigenvalue weighted by atomic mass is 10.2. The SMILES string of the molecule is O=CCCCCCNC(=O)C(Cn1ccnc1)NS(=O)(=O)c1ccc(Cl)cc1. The molecule has 0 saturated heterocycles. The van der Waals surface area contributed by atoms with Crippen molar-refractivity contribution in [2.45, 2.75) is 43.2 Å². The summed E-state index contributed by atoms with van der Waals surface area (Å²) in [7, 11) is -3.91. The van der Waals surface area contributed by atoms with Crippen LogP contribution in [0.3, 0.4) is 0 Å². The number of sulfonamides is 1. The molecule has 152 valence electrons. The number of rotatable bonds is 12. The van der Waals surface area contributed by atoms with Crippen LogP contribution in [0.25, 0.3) is 0 Å². The van der Waals surface area contributed by atoms with E-state index in [-0.39, 0.29) is 11.4 Å². The van der Waals surface area contributed by atoms with E-state index in [0.717, 1.165) is 19.1 Å². The number of carbonyl (C=O) groups excluding carboxylic acids is 2. The average molecular weight is 427 g/mol. The first-order valence-corrected chi connectivity index (χ1v) is 10.7.